The smallest absolute Gasteiger partial charge is 0.293 e. The molecule has 0 saturated carbocycles. The molecule has 0 spiro atoms. The molecule has 3 amide bonds. The van der Waals surface area contributed by atoms with Gasteiger partial charge in [0.2, 0.25) is 5.91 Å². The Morgan fingerprint density at radius 1 is 1.27 bits per heavy atom. The topological polar surface area (TPSA) is 103 Å². The second-order valence-corrected chi connectivity index (χ2v) is 9.19. The van der Waals surface area contributed by atoms with Crippen molar-refractivity contribution in [3.63, 3.8) is 0 Å². The lowest BCUT2D eigenvalue weighted by molar-refractivity contribution is -0.123. The number of halogens is 1. The summed E-state index contributed by atoms with van der Waals surface area (Å²) in [5, 5.41) is 12.1. The first-order chi connectivity index (χ1) is 15.7. The van der Waals surface area contributed by atoms with E-state index in [1.165, 1.54) is 24.3 Å². The largest absolute Gasteiger partial charge is 0.354 e. The number of benzene rings is 1. The number of hydrogen-bond acceptors (Lipinski definition) is 7. The second kappa shape index (κ2) is 10.6. The molecule has 1 aliphatic heterocycles. The number of pyridine rings is 1. The third kappa shape index (κ3) is 5.61. The molecule has 1 saturated heterocycles. The Bertz CT molecular complexity index is 1210. The van der Waals surface area contributed by atoms with E-state index in [0.29, 0.717) is 10.6 Å². The zero-order valence-electron chi connectivity index (χ0n) is 18.3. The highest BCUT2D eigenvalue weighted by Crippen LogP contribution is 2.32. The van der Waals surface area contributed by atoms with E-state index in [-0.39, 0.29) is 35.2 Å². The van der Waals surface area contributed by atoms with Crippen molar-refractivity contribution < 1.29 is 18.8 Å². The van der Waals surface area contributed by atoms with E-state index in [1.54, 1.807) is 6.07 Å². The van der Waals surface area contributed by atoms with Gasteiger partial charge in [0.15, 0.2) is 0 Å². The first-order valence-corrected chi connectivity index (χ1v) is 11.8. The Morgan fingerprint density at radius 3 is 2.70 bits per heavy atom. The first-order valence-electron chi connectivity index (χ1n) is 10.00. The van der Waals surface area contributed by atoms with Gasteiger partial charge in [0.05, 0.1) is 16.2 Å². The highest BCUT2D eigenvalue weighted by molar-refractivity contribution is 8.18. The summed E-state index contributed by atoms with van der Waals surface area (Å²) in [6.07, 6.45) is 1.35. The molecule has 2 heterocycles. The molecule has 0 unspecified atom stereocenters. The first kappa shape index (κ1) is 24.5. The summed E-state index contributed by atoms with van der Waals surface area (Å²) in [6, 6.07) is 8.12. The van der Waals surface area contributed by atoms with Gasteiger partial charge in [-0.1, -0.05) is 30.0 Å². The van der Waals surface area contributed by atoms with Crippen molar-refractivity contribution in [2.24, 2.45) is 0 Å². The molecule has 0 radical (unpaired) electrons. The summed E-state index contributed by atoms with van der Waals surface area (Å²) >= 11 is 1.90. The van der Waals surface area contributed by atoms with Crippen LogP contribution in [0.2, 0.25) is 0 Å². The minimum Gasteiger partial charge on any atom is -0.354 e. The molecule has 0 aliphatic carbocycles. The van der Waals surface area contributed by atoms with Crippen LogP contribution in [0, 0.1) is 37.9 Å². The number of nitrogens with zero attached hydrogens (tertiary/aromatic N) is 3. The average molecular weight is 485 g/mol. The lowest BCUT2D eigenvalue weighted by Crippen LogP contribution is -2.37. The number of nitriles is 1. The van der Waals surface area contributed by atoms with Crippen molar-refractivity contribution >= 4 is 46.7 Å². The number of amides is 3. The summed E-state index contributed by atoms with van der Waals surface area (Å²) in [4.78, 5) is 42.5. The van der Waals surface area contributed by atoms with E-state index in [1.807, 2.05) is 20.8 Å². The Morgan fingerprint density at radius 2 is 2.00 bits per heavy atom. The zero-order chi connectivity index (χ0) is 24.1. The molecule has 10 heteroatoms. The van der Waals surface area contributed by atoms with Crippen molar-refractivity contribution in [2.75, 3.05) is 18.8 Å². The van der Waals surface area contributed by atoms with Gasteiger partial charge < -0.3 is 5.32 Å². The highest BCUT2D eigenvalue weighted by Gasteiger charge is 2.34. The van der Waals surface area contributed by atoms with Crippen LogP contribution in [0.4, 0.5) is 9.18 Å². The van der Waals surface area contributed by atoms with Crippen molar-refractivity contribution in [3.05, 3.63) is 62.9 Å². The second-order valence-electron chi connectivity index (χ2n) is 7.23. The van der Waals surface area contributed by atoms with Crippen molar-refractivity contribution in [3.8, 4) is 6.07 Å². The number of aromatic nitrogens is 1. The van der Waals surface area contributed by atoms with Gasteiger partial charge in [-0.25, -0.2) is 9.37 Å². The van der Waals surface area contributed by atoms with Crippen LogP contribution < -0.4 is 5.32 Å². The van der Waals surface area contributed by atoms with Crippen LogP contribution in [-0.2, 0) is 9.59 Å². The lowest BCUT2D eigenvalue weighted by atomic mass is 10.1. The molecular formula is C23H21FN4O3S2. The van der Waals surface area contributed by atoms with Crippen LogP contribution >= 0.6 is 23.5 Å². The van der Waals surface area contributed by atoms with Gasteiger partial charge in [-0.3, -0.25) is 19.3 Å². The van der Waals surface area contributed by atoms with E-state index < -0.39 is 17.0 Å². The summed E-state index contributed by atoms with van der Waals surface area (Å²) in [5.74, 6) is -1.28. The third-order valence-electron chi connectivity index (χ3n) is 5.14. The lowest BCUT2D eigenvalue weighted by Gasteiger charge is -2.13. The van der Waals surface area contributed by atoms with Crippen molar-refractivity contribution in [1.29, 1.82) is 5.26 Å². The summed E-state index contributed by atoms with van der Waals surface area (Å²) in [5.41, 5.74) is 3.27. The molecule has 1 fully saturated rings. The fourth-order valence-electron chi connectivity index (χ4n) is 3.07. The molecule has 7 nitrogen and oxygen atoms in total. The summed E-state index contributed by atoms with van der Waals surface area (Å²) in [6.45, 7) is 5.68. The van der Waals surface area contributed by atoms with Gasteiger partial charge in [0.1, 0.15) is 16.9 Å². The van der Waals surface area contributed by atoms with Crippen LogP contribution in [0.15, 0.2) is 34.2 Å². The van der Waals surface area contributed by atoms with Crippen LogP contribution in [0.25, 0.3) is 6.08 Å². The monoisotopic (exact) mass is 484 g/mol. The van der Waals surface area contributed by atoms with Gasteiger partial charge >= 0.3 is 0 Å². The molecule has 0 bridgehead atoms. The zero-order valence-corrected chi connectivity index (χ0v) is 19.9. The molecule has 2 aromatic rings. The molecule has 170 valence electrons. The van der Waals surface area contributed by atoms with Gasteiger partial charge in [0, 0.05) is 24.3 Å². The number of nitrogens with one attached hydrogen (secondary N) is 1. The predicted molar refractivity (Wildman–Crippen MR) is 126 cm³/mol. The standard InChI is InChI=1S/C23H21FN4O3S2/c1-13-14(2)17(11-25)21(27-15(13)3)32-12-20(29)26-8-9-28-22(30)19(33-23(28)31)10-16-6-4-5-7-18(16)24/h4-7,10H,8-9,12H2,1-3H3,(H,26,29)/b19-10-. The van der Waals surface area contributed by atoms with E-state index in [0.717, 1.165) is 45.2 Å². The number of hydrogen-bond donors (Lipinski definition) is 1. The molecule has 33 heavy (non-hydrogen) atoms. The number of imide groups is 1. The Kier molecular flexibility index (Phi) is 7.89. The number of rotatable bonds is 7. The number of carbonyl (C=O) groups excluding carboxylic acids is 3. The average Bonchev–Trinajstić information content (AvgIpc) is 3.05. The highest BCUT2D eigenvalue weighted by atomic mass is 32.2. The van der Waals surface area contributed by atoms with E-state index in [2.05, 4.69) is 16.4 Å². The van der Waals surface area contributed by atoms with Gasteiger partial charge in [0.25, 0.3) is 11.1 Å². The molecule has 1 aromatic heterocycles. The summed E-state index contributed by atoms with van der Waals surface area (Å²) in [7, 11) is 0. The van der Waals surface area contributed by atoms with Crippen molar-refractivity contribution in [1.82, 2.24) is 15.2 Å². The molecule has 3 rings (SSSR count). The number of thioether (sulfide) groups is 2. The maximum absolute atomic E-state index is 13.8. The summed E-state index contributed by atoms with van der Waals surface area (Å²) < 4.78 is 13.8. The third-order valence-corrected chi connectivity index (χ3v) is 7.02. The van der Waals surface area contributed by atoms with Gasteiger partial charge in [-0.15, -0.1) is 0 Å². The maximum atomic E-state index is 13.8. The molecule has 0 atom stereocenters. The molecule has 1 aliphatic rings. The van der Waals surface area contributed by atoms with Crippen LogP contribution in [0.3, 0.4) is 0 Å². The SMILES string of the molecule is Cc1nc(SCC(=O)NCCN2C(=O)S/C(=C\c3ccccc3F)C2=O)c(C#N)c(C)c1C. The van der Waals surface area contributed by atoms with E-state index >= 15 is 0 Å². The van der Waals surface area contributed by atoms with Gasteiger partial charge in [-0.05, 0) is 55.8 Å². The van der Waals surface area contributed by atoms with E-state index in [4.69, 9.17) is 0 Å². The maximum Gasteiger partial charge on any atom is 0.293 e. The minimum absolute atomic E-state index is 0.000128. The molecular weight excluding hydrogens is 463 g/mol. The fraction of sp³-hybridized carbons (Fsp3) is 0.261. The Hall–Kier alpha value is -3.16. The normalized spacial score (nSPS) is 14.6. The number of aryl methyl sites for hydroxylation is 1. The fourth-order valence-corrected chi connectivity index (χ4v) is 4.84. The molecule has 1 N–H and O–H groups in total. The van der Waals surface area contributed by atoms with E-state index in [9.17, 15) is 24.0 Å². The Balaban J connectivity index is 1.54. The molecule has 1 aromatic carbocycles. The number of carbonyl (C=O) groups is 3. The predicted octanol–water partition coefficient (Wildman–Crippen LogP) is 3.96. The van der Waals surface area contributed by atoms with Crippen molar-refractivity contribution in [2.45, 2.75) is 25.8 Å². The minimum atomic E-state index is -0.523. The van der Waals surface area contributed by atoms with Gasteiger partial charge in [-0.2, -0.15) is 5.26 Å². The van der Waals surface area contributed by atoms with Crippen LogP contribution in [0.5, 0.6) is 0 Å². The quantitative estimate of drug-likeness (QED) is 0.469. The van der Waals surface area contributed by atoms with Crippen LogP contribution in [-0.4, -0.2) is 45.8 Å². The Labute approximate surface area is 199 Å². The van der Waals surface area contributed by atoms with Crippen LogP contribution in [0.1, 0.15) is 27.9 Å².